The smallest absolute Gasteiger partial charge is 0.123 e. The summed E-state index contributed by atoms with van der Waals surface area (Å²) in [6, 6.07) is 7.88. The van der Waals surface area contributed by atoms with Crippen molar-refractivity contribution in [1.82, 2.24) is 10.2 Å². The van der Waals surface area contributed by atoms with Crippen LogP contribution in [0.25, 0.3) is 0 Å². The molecule has 0 saturated carbocycles. The van der Waals surface area contributed by atoms with Crippen molar-refractivity contribution in [2.75, 3.05) is 20.1 Å². The van der Waals surface area contributed by atoms with E-state index in [0.717, 1.165) is 25.1 Å². The molecule has 0 aliphatic carbocycles. The second-order valence-corrected chi connectivity index (χ2v) is 5.39. The molecule has 1 aromatic rings. The van der Waals surface area contributed by atoms with Gasteiger partial charge in [0, 0.05) is 25.2 Å². The zero-order chi connectivity index (χ0) is 13.1. The van der Waals surface area contributed by atoms with Crippen molar-refractivity contribution >= 4 is 0 Å². The molecule has 100 valence electrons. The normalized spacial score (nSPS) is 27.1. The summed E-state index contributed by atoms with van der Waals surface area (Å²) < 4.78 is 13.3. The van der Waals surface area contributed by atoms with Gasteiger partial charge in [-0.2, -0.15) is 0 Å². The van der Waals surface area contributed by atoms with Gasteiger partial charge in [-0.05, 0) is 44.0 Å². The second kappa shape index (κ2) is 5.81. The fourth-order valence-corrected chi connectivity index (χ4v) is 2.94. The van der Waals surface area contributed by atoms with Crippen LogP contribution in [0.5, 0.6) is 0 Å². The molecule has 0 bridgehead atoms. The number of benzene rings is 1. The van der Waals surface area contributed by atoms with Crippen molar-refractivity contribution < 1.29 is 4.39 Å². The van der Waals surface area contributed by atoms with Crippen molar-refractivity contribution in [3.05, 3.63) is 35.6 Å². The molecule has 3 heteroatoms. The molecule has 0 aromatic heterocycles. The first kappa shape index (κ1) is 13.5. The summed E-state index contributed by atoms with van der Waals surface area (Å²) in [5.74, 6) is 0.497. The van der Waals surface area contributed by atoms with E-state index in [1.807, 2.05) is 13.1 Å². The minimum atomic E-state index is -0.141. The van der Waals surface area contributed by atoms with Crippen LogP contribution >= 0.6 is 0 Å². The Morgan fingerprint density at radius 3 is 2.83 bits per heavy atom. The molecule has 1 aliphatic rings. The predicted molar refractivity (Wildman–Crippen MR) is 73.0 cm³/mol. The van der Waals surface area contributed by atoms with Crippen LogP contribution in [-0.2, 0) is 0 Å². The first-order valence-corrected chi connectivity index (χ1v) is 6.78. The maximum Gasteiger partial charge on any atom is 0.123 e. The Hall–Kier alpha value is -0.930. The van der Waals surface area contributed by atoms with E-state index < -0.39 is 0 Å². The molecule has 1 saturated heterocycles. The van der Waals surface area contributed by atoms with Crippen molar-refractivity contribution in [2.24, 2.45) is 5.92 Å². The van der Waals surface area contributed by atoms with Gasteiger partial charge in [-0.15, -0.1) is 0 Å². The maximum atomic E-state index is 13.3. The van der Waals surface area contributed by atoms with Gasteiger partial charge in [0.25, 0.3) is 0 Å². The van der Waals surface area contributed by atoms with Crippen LogP contribution in [0.4, 0.5) is 4.39 Å². The second-order valence-electron chi connectivity index (χ2n) is 5.39. The van der Waals surface area contributed by atoms with Crippen LogP contribution in [0, 0.1) is 11.7 Å². The van der Waals surface area contributed by atoms with E-state index in [9.17, 15) is 4.39 Å². The van der Waals surface area contributed by atoms with E-state index in [0.29, 0.717) is 18.0 Å². The molecule has 0 amide bonds. The lowest BCUT2D eigenvalue weighted by Crippen LogP contribution is -2.47. The van der Waals surface area contributed by atoms with Gasteiger partial charge in [0.1, 0.15) is 5.82 Å². The van der Waals surface area contributed by atoms with E-state index >= 15 is 0 Å². The fourth-order valence-electron chi connectivity index (χ4n) is 2.94. The molecule has 18 heavy (non-hydrogen) atoms. The molecule has 0 spiro atoms. The summed E-state index contributed by atoms with van der Waals surface area (Å²) in [5, 5.41) is 3.38. The zero-order valence-electron chi connectivity index (χ0n) is 11.5. The summed E-state index contributed by atoms with van der Waals surface area (Å²) in [6.45, 7) is 6.60. The third kappa shape index (κ3) is 2.90. The van der Waals surface area contributed by atoms with Gasteiger partial charge in [0.2, 0.25) is 0 Å². The molecule has 3 unspecified atom stereocenters. The Morgan fingerprint density at radius 2 is 2.22 bits per heavy atom. The Labute approximate surface area is 109 Å². The predicted octanol–water partition coefficient (Wildman–Crippen LogP) is 2.82. The van der Waals surface area contributed by atoms with Crippen molar-refractivity contribution in [2.45, 2.75) is 32.4 Å². The highest BCUT2D eigenvalue weighted by Crippen LogP contribution is 2.26. The highest BCUT2D eigenvalue weighted by atomic mass is 19.1. The molecule has 1 fully saturated rings. The zero-order valence-corrected chi connectivity index (χ0v) is 11.5. The molecular formula is C15H23FN2. The highest BCUT2D eigenvalue weighted by Gasteiger charge is 2.27. The highest BCUT2D eigenvalue weighted by molar-refractivity contribution is 5.19. The van der Waals surface area contributed by atoms with Gasteiger partial charge < -0.3 is 5.32 Å². The lowest BCUT2D eigenvalue weighted by molar-refractivity contribution is 0.114. The van der Waals surface area contributed by atoms with Crippen LogP contribution in [0.15, 0.2) is 24.3 Å². The minimum absolute atomic E-state index is 0.141. The number of nitrogens with one attached hydrogen (secondary N) is 1. The number of rotatable bonds is 3. The van der Waals surface area contributed by atoms with Crippen molar-refractivity contribution in [1.29, 1.82) is 0 Å². The van der Waals surface area contributed by atoms with E-state index in [4.69, 9.17) is 0 Å². The van der Waals surface area contributed by atoms with Gasteiger partial charge in [0.05, 0.1) is 0 Å². The van der Waals surface area contributed by atoms with Crippen molar-refractivity contribution in [3.8, 4) is 0 Å². The first-order chi connectivity index (χ1) is 8.61. The minimum Gasteiger partial charge on any atom is -0.317 e. The average molecular weight is 250 g/mol. The molecule has 1 N–H and O–H groups in total. The van der Waals surface area contributed by atoms with E-state index in [-0.39, 0.29) is 5.82 Å². The summed E-state index contributed by atoms with van der Waals surface area (Å²) in [4.78, 5) is 2.45. The van der Waals surface area contributed by atoms with Gasteiger partial charge >= 0.3 is 0 Å². The number of likely N-dealkylation sites (tertiary alicyclic amines) is 1. The number of hydrogen-bond donors (Lipinski definition) is 1. The molecule has 0 radical (unpaired) electrons. The van der Waals surface area contributed by atoms with E-state index in [1.54, 1.807) is 12.1 Å². The molecule has 1 aromatic carbocycles. The van der Waals surface area contributed by atoms with Crippen LogP contribution in [0.1, 0.15) is 31.9 Å². The number of hydrogen-bond acceptors (Lipinski definition) is 2. The SMILES string of the molecule is CNC1CCN(C(C)c2cccc(F)c2)CC1C. The van der Waals surface area contributed by atoms with Crippen LogP contribution in [0.3, 0.4) is 0 Å². The van der Waals surface area contributed by atoms with Crippen LogP contribution in [-0.4, -0.2) is 31.1 Å². The fraction of sp³-hybridized carbons (Fsp3) is 0.600. The average Bonchev–Trinajstić information content (AvgIpc) is 2.37. The monoisotopic (exact) mass is 250 g/mol. The van der Waals surface area contributed by atoms with Gasteiger partial charge in [0.15, 0.2) is 0 Å². The first-order valence-electron chi connectivity index (χ1n) is 6.78. The standard InChI is InChI=1S/C15H23FN2/c1-11-10-18(8-7-15(11)17-3)12(2)13-5-4-6-14(16)9-13/h4-6,9,11-12,15,17H,7-8,10H2,1-3H3. The molecule has 1 aliphatic heterocycles. The third-order valence-electron chi connectivity index (χ3n) is 4.19. The molecule has 3 atom stereocenters. The van der Waals surface area contributed by atoms with Crippen LogP contribution in [0.2, 0.25) is 0 Å². The third-order valence-corrected chi connectivity index (χ3v) is 4.19. The van der Waals surface area contributed by atoms with Gasteiger partial charge in [-0.25, -0.2) is 4.39 Å². The Kier molecular flexibility index (Phi) is 4.36. The lowest BCUT2D eigenvalue weighted by Gasteiger charge is -2.40. The maximum absolute atomic E-state index is 13.3. The number of halogens is 1. The molecule has 1 heterocycles. The quantitative estimate of drug-likeness (QED) is 0.887. The summed E-state index contributed by atoms with van der Waals surface area (Å²) in [7, 11) is 2.03. The largest absolute Gasteiger partial charge is 0.317 e. The summed E-state index contributed by atoms with van der Waals surface area (Å²) >= 11 is 0. The lowest BCUT2D eigenvalue weighted by atomic mass is 9.92. The van der Waals surface area contributed by atoms with Gasteiger partial charge in [-0.3, -0.25) is 4.90 Å². The topological polar surface area (TPSA) is 15.3 Å². The van der Waals surface area contributed by atoms with Crippen LogP contribution < -0.4 is 5.32 Å². The molecule has 2 nitrogen and oxygen atoms in total. The Morgan fingerprint density at radius 1 is 1.44 bits per heavy atom. The summed E-state index contributed by atoms with van der Waals surface area (Å²) in [5.41, 5.74) is 1.07. The Bertz CT molecular complexity index is 394. The summed E-state index contributed by atoms with van der Waals surface area (Å²) in [6.07, 6.45) is 1.16. The molecule has 2 rings (SSSR count). The van der Waals surface area contributed by atoms with E-state index in [2.05, 4.69) is 24.1 Å². The van der Waals surface area contributed by atoms with Crippen molar-refractivity contribution in [3.63, 3.8) is 0 Å². The Balaban J connectivity index is 2.04. The van der Waals surface area contributed by atoms with E-state index in [1.165, 1.54) is 6.07 Å². The number of nitrogens with zero attached hydrogens (tertiary/aromatic N) is 1. The number of piperidine rings is 1. The van der Waals surface area contributed by atoms with Gasteiger partial charge in [-0.1, -0.05) is 19.1 Å². The molecular weight excluding hydrogens is 227 g/mol.